The number of likely N-dealkylation sites (tertiary alicyclic amines) is 1. The summed E-state index contributed by atoms with van der Waals surface area (Å²) in [6.45, 7) is 1.28. The molecule has 2 aromatic rings. The van der Waals surface area contributed by atoms with Gasteiger partial charge in [-0.05, 0) is 43.4 Å². The SMILES string of the molecule is O=C(c1ccccc1-c1ccccc1F)N1CCCC(C2(O)CC2)C1. The van der Waals surface area contributed by atoms with E-state index in [0.717, 1.165) is 25.7 Å². The zero-order valence-electron chi connectivity index (χ0n) is 14.1. The van der Waals surface area contributed by atoms with E-state index in [1.54, 1.807) is 30.3 Å². The Balaban J connectivity index is 1.64. The Morgan fingerprint density at radius 1 is 1.08 bits per heavy atom. The van der Waals surface area contributed by atoms with Crippen LogP contribution in [-0.4, -0.2) is 34.6 Å². The minimum absolute atomic E-state index is 0.0761. The summed E-state index contributed by atoms with van der Waals surface area (Å²) >= 11 is 0. The van der Waals surface area contributed by atoms with E-state index in [9.17, 15) is 14.3 Å². The molecule has 1 saturated heterocycles. The molecule has 0 aromatic heterocycles. The molecule has 1 atom stereocenters. The highest BCUT2D eigenvalue weighted by molar-refractivity contribution is 6.01. The topological polar surface area (TPSA) is 40.5 Å². The normalized spacial score (nSPS) is 21.8. The molecule has 1 saturated carbocycles. The van der Waals surface area contributed by atoms with Crippen LogP contribution in [0.15, 0.2) is 48.5 Å². The van der Waals surface area contributed by atoms with Crippen LogP contribution in [0.25, 0.3) is 11.1 Å². The Morgan fingerprint density at radius 2 is 1.76 bits per heavy atom. The van der Waals surface area contributed by atoms with E-state index in [-0.39, 0.29) is 17.6 Å². The van der Waals surface area contributed by atoms with Gasteiger partial charge in [-0.2, -0.15) is 0 Å². The van der Waals surface area contributed by atoms with Crippen LogP contribution in [0.3, 0.4) is 0 Å². The molecule has 4 rings (SSSR count). The van der Waals surface area contributed by atoms with Crippen molar-refractivity contribution in [1.29, 1.82) is 0 Å². The highest BCUT2D eigenvalue weighted by Crippen LogP contribution is 2.45. The molecule has 3 nitrogen and oxygen atoms in total. The number of hydrogen-bond donors (Lipinski definition) is 1. The van der Waals surface area contributed by atoms with Gasteiger partial charge in [-0.15, -0.1) is 0 Å². The molecule has 2 fully saturated rings. The lowest BCUT2D eigenvalue weighted by atomic mass is 9.90. The van der Waals surface area contributed by atoms with Crippen molar-refractivity contribution in [3.8, 4) is 11.1 Å². The first-order chi connectivity index (χ1) is 12.1. The molecule has 0 radical (unpaired) electrons. The van der Waals surface area contributed by atoms with Crippen LogP contribution in [0.1, 0.15) is 36.0 Å². The number of amides is 1. The van der Waals surface area contributed by atoms with E-state index in [4.69, 9.17) is 0 Å². The van der Waals surface area contributed by atoms with Crippen LogP contribution in [0.4, 0.5) is 4.39 Å². The van der Waals surface area contributed by atoms with Crippen LogP contribution in [0.2, 0.25) is 0 Å². The van der Waals surface area contributed by atoms with Gasteiger partial charge in [0.05, 0.1) is 5.60 Å². The minimum Gasteiger partial charge on any atom is -0.390 e. The second kappa shape index (κ2) is 6.26. The number of piperidine rings is 1. The zero-order valence-corrected chi connectivity index (χ0v) is 14.1. The highest BCUT2D eigenvalue weighted by atomic mass is 19.1. The Labute approximate surface area is 147 Å². The maximum absolute atomic E-state index is 14.2. The minimum atomic E-state index is -0.565. The summed E-state index contributed by atoms with van der Waals surface area (Å²) in [6, 6.07) is 13.7. The number of carbonyl (C=O) groups excluding carboxylic acids is 1. The standard InChI is InChI=1S/C21H22FNO2/c22-19-10-4-3-8-17(19)16-7-1-2-9-18(16)20(24)23-13-5-6-15(14-23)21(25)11-12-21/h1-4,7-10,15,25H,5-6,11-14H2. The first kappa shape index (κ1) is 16.3. The monoisotopic (exact) mass is 339 g/mol. The van der Waals surface area contributed by atoms with Gasteiger partial charge in [-0.3, -0.25) is 4.79 Å². The molecule has 2 aromatic carbocycles. The van der Waals surface area contributed by atoms with Crippen molar-refractivity contribution in [2.75, 3.05) is 13.1 Å². The predicted octanol–water partition coefficient (Wildman–Crippen LogP) is 3.87. The second-order valence-electron chi connectivity index (χ2n) is 7.22. The van der Waals surface area contributed by atoms with Crippen LogP contribution in [0.5, 0.6) is 0 Å². The van der Waals surface area contributed by atoms with Gasteiger partial charge in [0.1, 0.15) is 5.82 Å². The third-order valence-electron chi connectivity index (χ3n) is 5.55. The lowest BCUT2D eigenvalue weighted by Crippen LogP contribution is -2.44. The lowest BCUT2D eigenvalue weighted by Gasteiger charge is -2.35. The number of carbonyl (C=O) groups is 1. The molecule has 1 unspecified atom stereocenters. The molecule has 4 heteroatoms. The third-order valence-corrected chi connectivity index (χ3v) is 5.55. The summed E-state index contributed by atoms with van der Waals surface area (Å²) in [5, 5.41) is 10.4. The first-order valence-corrected chi connectivity index (χ1v) is 8.94. The van der Waals surface area contributed by atoms with Gasteiger partial charge >= 0.3 is 0 Å². The summed E-state index contributed by atoms with van der Waals surface area (Å²) < 4.78 is 14.2. The summed E-state index contributed by atoms with van der Waals surface area (Å²) in [6.07, 6.45) is 3.55. The maximum atomic E-state index is 14.2. The predicted molar refractivity (Wildman–Crippen MR) is 94.6 cm³/mol. The maximum Gasteiger partial charge on any atom is 0.254 e. The number of rotatable bonds is 3. The van der Waals surface area contributed by atoms with E-state index in [1.165, 1.54) is 6.07 Å². The highest BCUT2D eigenvalue weighted by Gasteiger charge is 2.49. The number of nitrogens with zero attached hydrogens (tertiary/aromatic N) is 1. The summed E-state index contributed by atoms with van der Waals surface area (Å²) in [4.78, 5) is 14.9. The fourth-order valence-electron chi connectivity index (χ4n) is 3.89. The fraction of sp³-hybridized carbons (Fsp3) is 0.381. The third kappa shape index (κ3) is 3.07. The smallest absolute Gasteiger partial charge is 0.254 e. The van der Waals surface area contributed by atoms with Crippen molar-refractivity contribution in [2.24, 2.45) is 5.92 Å². The molecule has 0 bridgehead atoms. The zero-order chi connectivity index (χ0) is 17.4. The molecule has 1 aliphatic carbocycles. The van der Waals surface area contributed by atoms with Crippen molar-refractivity contribution >= 4 is 5.91 Å². The van der Waals surface area contributed by atoms with E-state index >= 15 is 0 Å². The number of hydrogen-bond acceptors (Lipinski definition) is 2. The molecule has 25 heavy (non-hydrogen) atoms. The summed E-state index contributed by atoms with van der Waals surface area (Å²) in [5.41, 5.74) is 1.03. The van der Waals surface area contributed by atoms with Crippen LogP contribution >= 0.6 is 0 Å². The second-order valence-corrected chi connectivity index (χ2v) is 7.22. The average Bonchev–Trinajstić information content (AvgIpc) is 3.41. The number of halogens is 1. The van der Waals surface area contributed by atoms with E-state index in [0.29, 0.717) is 29.8 Å². The van der Waals surface area contributed by atoms with Gasteiger partial charge in [0, 0.05) is 30.1 Å². The van der Waals surface area contributed by atoms with E-state index in [1.807, 2.05) is 17.0 Å². The lowest BCUT2D eigenvalue weighted by molar-refractivity contribution is 0.0282. The van der Waals surface area contributed by atoms with Crippen LogP contribution in [0, 0.1) is 11.7 Å². The largest absolute Gasteiger partial charge is 0.390 e. The van der Waals surface area contributed by atoms with Crippen LogP contribution in [-0.2, 0) is 0 Å². The fourth-order valence-corrected chi connectivity index (χ4v) is 3.89. The molecule has 0 spiro atoms. The first-order valence-electron chi connectivity index (χ1n) is 8.94. The van der Waals surface area contributed by atoms with E-state index in [2.05, 4.69) is 0 Å². The van der Waals surface area contributed by atoms with Crippen LogP contribution < -0.4 is 0 Å². The molecule has 1 N–H and O–H groups in total. The molecule has 1 heterocycles. The molecular formula is C21H22FNO2. The summed E-state index contributed by atoms with van der Waals surface area (Å²) in [7, 11) is 0. The molecule has 2 aliphatic rings. The summed E-state index contributed by atoms with van der Waals surface area (Å²) in [5.74, 6) is -0.245. The van der Waals surface area contributed by atoms with Crippen molar-refractivity contribution < 1.29 is 14.3 Å². The Morgan fingerprint density at radius 3 is 2.48 bits per heavy atom. The Kier molecular flexibility index (Phi) is 4.08. The molecule has 1 amide bonds. The van der Waals surface area contributed by atoms with Gasteiger partial charge in [-0.1, -0.05) is 36.4 Å². The number of benzene rings is 2. The molecule has 1 aliphatic heterocycles. The Hall–Kier alpha value is -2.20. The quantitative estimate of drug-likeness (QED) is 0.922. The average molecular weight is 339 g/mol. The van der Waals surface area contributed by atoms with Crippen molar-refractivity contribution in [3.63, 3.8) is 0 Å². The van der Waals surface area contributed by atoms with Gasteiger partial charge in [0.15, 0.2) is 0 Å². The van der Waals surface area contributed by atoms with Crippen molar-refractivity contribution in [3.05, 3.63) is 59.9 Å². The van der Waals surface area contributed by atoms with Gasteiger partial charge in [0.2, 0.25) is 0 Å². The van der Waals surface area contributed by atoms with Gasteiger partial charge < -0.3 is 10.0 Å². The van der Waals surface area contributed by atoms with E-state index < -0.39 is 5.60 Å². The van der Waals surface area contributed by atoms with Crippen molar-refractivity contribution in [1.82, 2.24) is 4.90 Å². The van der Waals surface area contributed by atoms with Gasteiger partial charge in [-0.25, -0.2) is 4.39 Å². The van der Waals surface area contributed by atoms with Gasteiger partial charge in [0.25, 0.3) is 5.91 Å². The molecule has 130 valence electrons. The van der Waals surface area contributed by atoms with Crippen molar-refractivity contribution in [2.45, 2.75) is 31.3 Å². The Bertz CT molecular complexity index is 800. The molecular weight excluding hydrogens is 317 g/mol. The number of aliphatic hydroxyl groups is 1.